The van der Waals surface area contributed by atoms with Gasteiger partial charge in [0, 0.05) is 19.6 Å². The number of likely N-dealkylation sites (tertiary alicyclic amines) is 1. The van der Waals surface area contributed by atoms with E-state index in [1.54, 1.807) is 0 Å². The highest BCUT2D eigenvalue weighted by Gasteiger charge is 2.56. The number of carbonyl (C=O) groups excluding carboxylic acids is 2. The Morgan fingerprint density at radius 2 is 1.59 bits per heavy atom. The molecule has 6 nitrogen and oxygen atoms in total. The fourth-order valence-corrected chi connectivity index (χ4v) is 7.97. The summed E-state index contributed by atoms with van der Waals surface area (Å²) >= 11 is 0. The molecular formula is C26H36N4O2. The van der Waals surface area contributed by atoms with Gasteiger partial charge in [0.25, 0.3) is 0 Å². The third-order valence-electron chi connectivity index (χ3n) is 9.03. The molecule has 4 saturated carbocycles. The average molecular weight is 437 g/mol. The van der Waals surface area contributed by atoms with E-state index in [4.69, 9.17) is 0 Å². The minimum absolute atomic E-state index is 0.0706. The predicted octanol–water partition coefficient (Wildman–Crippen LogP) is 4.22. The zero-order chi connectivity index (χ0) is 21.7. The topological polar surface area (TPSA) is 65.5 Å². The Hall–Kier alpha value is -2.11. The first-order chi connectivity index (χ1) is 15.6. The Labute approximate surface area is 191 Å². The summed E-state index contributed by atoms with van der Waals surface area (Å²) < 4.78 is 0. The van der Waals surface area contributed by atoms with Crippen molar-refractivity contribution in [2.45, 2.75) is 76.7 Å². The van der Waals surface area contributed by atoms with Crippen LogP contribution in [-0.4, -0.2) is 47.4 Å². The zero-order valence-electron chi connectivity index (χ0n) is 19.1. The Balaban J connectivity index is 1.13. The van der Waals surface area contributed by atoms with Gasteiger partial charge in [0.05, 0.1) is 17.3 Å². The lowest BCUT2D eigenvalue weighted by Crippen LogP contribution is -2.56. The molecule has 1 aromatic rings. The molecule has 4 bridgehead atoms. The number of nitrogens with one attached hydrogen (secondary N) is 1. The maximum absolute atomic E-state index is 13.8. The molecule has 172 valence electrons. The first kappa shape index (κ1) is 20.5. The van der Waals surface area contributed by atoms with Crippen LogP contribution in [0.15, 0.2) is 18.3 Å². The molecule has 4 aliphatic carbocycles. The van der Waals surface area contributed by atoms with Crippen molar-refractivity contribution in [2.75, 3.05) is 29.9 Å². The van der Waals surface area contributed by atoms with E-state index < -0.39 is 0 Å². The monoisotopic (exact) mass is 436 g/mol. The Morgan fingerprint density at radius 3 is 2.22 bits per heavy atom. The summed E-state index contributed by atoms with van der Waals surface area (Å²) in [7, 11) is 0. The summed E-state index contributed by atoms with van der Waals surface area (Å²) in [6.07, 6.45) is 14.5. The van der Waals surface area contributed by atoms with Gasteiger partial charge in [-0.2, -0.15) is 0 Å². The zero-order valence-corrected chi connectivity index (χ0v) is 19.1. The van der Waals surface area contributed by atoms with E-state index in [1.165, 1.54) is 38.5 Å². The van der Waals surface area contributed by atoms with Gasteiger partial charge in [-0.15, -0.1) is 0 Å². The smallest absolute Gasteiger partial charge is 0.248 e. The van der Waals surface area contributed by atoms with E-state index in [9.17, 15) is 9.59 Å². The summed E-state index contributed by atoms with van der Waals surface area (Å²) in [4.78, 5) is 35.8. The SMILES string of the molecule is O=C(Nc1ccc(N2CCCCC2)cn1)C1CCCN1C(=O)C12CC3CC(CC(C3)C1)C2. The fraction of sp³-hybridized carbons (Fsp3) is 0.731. The third kappa shape index (κ3) is 3.60. The molecule has 6 aliphatic rings. The maximum atomic E-state index is 13.8. The summed E-state index contributed by atoms with van der Waals surface area (Å²) in [5.74, 6) is 3.01. The van der Waals surface area contributed by atoms with E-state index in [-0.39, 0.29) is 23.3 Å². The molecule has 1 atom stereocenters. The van der Waals surface area contributed by atoms with E-state index in [2.05, 4.69) is 21.3 Å². The van der Waals surface area contributed by atoms with Crippen LogP contribution in [-0.2, 0) is 9.59 Å². The van der Waals surface area contributed by atoms with E-state index >= 15 is 0 Å². The minimum atomic E-state index is -0.348. The molecule has 2 amide bonds. The molecule has 1 aromatic heterocycles. The van der Waals surface area contributed by atoms with Crippen molar-refractivity contribution in [1.29, 1.82) is 0 Å². The van der Waals surface area contributed by atoms with Gasteiger partial charge in [0.15, 0.2) is 0 Å². The van der Waals surface area contributed by atoms with Crippen LogP contribution in [0.3, 0.4) is 0 Å². The van der Waals surface area contributed by atoms with Crippen LogP contribution in [0.25, 0.3) is 0 Å². The Bertz CT molecular complexity index is 841. The first-order valence-electron chi connectivity index (χ1n) is 12.9. The van der Waals surface area contributed by atoms with Gasteiger partial charge >= 0.3 is 0 Å². The van der Waals surface area contributed by atoms with Crippen LogP contribution in [0.1, 0.15) is 70.6 Å². The van der Waals surface area contributed by atoms with Gasteiger partial charge in [-0.05, 0) is 101 Å². The minimum Gasteiger partial charge on any atom is -0.370 e. The fourth-order valence-electron chi connectivity index (χ4n) is 7.97. The van der Waals surface area contributed by atoms with Crippen molar-refractivity contribution in [1.82, 2.24) is 9.88 Å². The molecule has 32 heavy (non-hydrogen) atoms. The van der Waals surface area contributed by atoms with Gasteiger partial charge < -0.3 is 15.1 Å². The Morgan fingerprint density at radius 1 is 0.906 bits per heavy atom. The van der Waals surface area contributed by atoms with Gasteiger partial charge in [-0.3, -0.25) is 9.59 Å². The van der Waals surface area contributed by atoms with Crippen molar-refractivity contribution in [3.63, 3.8) is 0 Å². The molecule has 1 unspecified atom stereocenters. The number of carbonyl (C=O) groups is 2. The molecule has 0 radical (unpaired) electrons. The second-order valence-electron chi connectivity index (χ2n) is 11.3. The normalized spacial score (nSPS) is 35.9. The largest absolute Gasteiger partial charge is 0.370 e. The maximum Gasteiger partial charge on any atom is 0.248 e. The first-order valence-corrected chi connectivity index (χ1v) is 12.9. The van der Waals surface area contributed by atoms with Crippen LogP contribution < -0.4 is 10.2 Å². The molecule has 6 fully saturated rings. The number of pyridine rings is 1. The second kappa shape index (κ2) is 8.03. The van der Waals surface area contributed by atoms with Gasteiger partial charge in [0.2, 0.25) is 11.8 Å². The molecule has 0 spiro atoms. The van der Waals surface area contributed by atoms with Crippen molar-refractivity contribution < 1.29 is 9.59 Å². The molecule has 2 saturated heterocycles. The molecule has 6 heteroatoms. The number of piperidine rings is 1. The van der Waals surface area contributed by atoms with Gasteiger partial charge in [-0.1, -0.05) is 0 Å². The van der Waals surface area contributed by atoms with Crippen molar-refractivity contribution in [3.05, 3.63) is 18.3 Å². The van der Waals surface area contributed by atoms with E-state index in [0.29, 0.717) is 5.82 Å². The summed E-state index contributed by atoms with van der Waals surface area (Å²) in [5, 5.41) is 3.01. The average Bonchev–Trinajstić information content (AvgIpc) is 3.29. The number of aromatic nitrogens is 1. The van der Waals surface area contributed by atoms with E-state index in [1.807, 2.05) is 17.2 Å². The third-order valence-corrected chi connectivity index (χ3v) is 9.03. The standard InChI is InChI=1S/C26H36N4O2/c31-24(28-23-7-6-21(17-27-23)29-8-2-1-3-9-29)22-5-4-10-30(22)25(32)26-14-18-11-19(15-26)13-20(12-18)16-26/h6-7,17-20,22H,1-5,8-16H2,(H,27,28,31). The van der Waals surface area contributed by atoms with Crippen LogP contribution in [0.5, 0.6) is 0 Å². The highest BCUT2D eigenvalue weighted by atomic mass is 16.2. The van der Waals surface area contributed by atoms with E-state index in [0.717, 1.165) is 75.2 Å². The quantitative estimate of drug-likeness (QED) is 0.768. The molecular weight excluding hydrogens is 400 g/mol. The summed E-state index contributed by atoms with van der Waals surface area (Å²) in [6, 6.07) is 3.61. The van der Waals surface area contributed by atoms with Crippen molar-refractivity contribution >= 4 is 23.3 Å². The number of hydrogen-bond acceptors (Lipinski definition) is 4. The van der Waals surface area contributed by atoms with Gasteiger partial charge in [0.1, 0.15) is 11.9 Å². The second-order valence-corrected chi connectivity index (χ2v) is 11.3. The lowest BCUT2D eigenvalue weighted by atomic mass is 9.49. The molecule has 7 rings (SSSR count). The van der Waals surface area contributed by atoms with Gasteiger partial charge in [-0.25, -0.2) is 4.98 Å². The lowest BCUT2D eigenvalue weighted by molar-refractivity contribution is -0.160. The number of hydrogen-bond donors (Lipinski definition) is 1. The Kier molecular flexibility index (Phi) is 5.14. The van der Waals surface area contributed by atoms with Crippen LogP contribution in [0, 0.1) is 23.2 Å². The van der Waals surface area contributed by atoms with Crippen LogP contribution in [0.2, 0.25) is 0 Å². The summed E-state index contributed by atoms with van der Waals surface area (Å²) in [6.45, 7) is 2.88. The van der Waals surface area contributed by atoms with Crippen LogP contribution in [0.4, 0.5) is 11.5 Å². The number of amides is 2. The van der Waals surface area contributed by atoms with Crippen LogP contribution >= 0.6 is 0 Å². The molecule has 1 N–H and O–H groups in total. The number of rotatable bonds is 4. The number of anilines is 2. The predicted molar refractivity (Wildman–Crippen MR) is 124 cm³/mol. The molecule has 0 aromatic carbocycles. The summed E-state index contributed by atoms with van der Waals surface area (Å²) in [5.41, 5.74) is 0.952. The number of nitrogens with zero attached hydrogens (tertiary/aromatic N) is 3. The molecule has 3 heterocycles. The highest BCUT2D eigenvalue weighted by molar-refractivity contribution is 5.98. The van der Waals surface area contributed by atoms with Crippen molar-refractivity contribution in [2.24, 2.45) is 23.2 Å². The lowest BCUT2D eigenvalue weighted by Gasteiger charge is -2.56. The highest BCUT2D eigenvalue weighted by Crippen LogP contribution is 2.60. The molecule has 2 aliphatic heterocycles. The van der Waals surface area contributed by atoms with Crippen molar-refractivity contribution in [3.8, 4) is 0 Å².